The number of benzene rings is 2. The lowest BCUT2D eigenvalue weighted by Crippen LogP contribution is -2.25. The van der Waals surface area contributed by atoms with Gasteiger partial charge < -0.3 is 4.74 Å². The third-order valence-corrected chi connectivity index (χ3v) is 4.20. The molecule has 6 heteroatoms. The Bertz CT molecular complexity index is 746. The molecular weight excluding hydrogens is 318 g/mol. The van der Waals surface area contributed by atoms with Crippen LogP contribution in [0, 0.1) is 0 Å². The van der Waals surface area contributed by atoms with Crippen molar-refractivity contribution in [2.24, 2.45) is 10.1 Å². The lowest BCUT2D eigenvalue weighted by molar-refractivity contribution is 0.414. The maximum atomic E-state index is 5.96. The topological polar surface area (TPSA) is 46.0 Å². The average Bonchev–Trinajstić information content (AvgIpc) is 2.56. The van der Waals surface area contributed by atoms with Crippen molar-refractivity contribution in [3.05, 3.63) is 59.1 Å². The van der Waals surface area contributed by atoms with Gasteiger partial charge in [-0.25, -0.2) is 4.99 Å². The zero-order valence-corrected chi connectivity index (χ0v) is 13.5. The van der Waals surface area contributed by atoms with Crippen molar-refractivity contribution in [3.63, 3.8) is 0 Å². The van der Waals surface area contributed by atoms with Crippen LogP contribution in [0.1, 0.15) is 5.56 Å². The van der Waals surface area contributed by atoms with Gasteiger partial charge in [-0.2, -0.15) is 5.10 Å². The number of para-hydroxylation sites is 1. The molecular formula is C16H14ClN3OS. The lowest BCUT2D eigenvalue weighted by atomic mass is 10.1. The molecule has 112 valence electrons. The van der Waals surface area contributed by atoms with Gasteiger partial charge in [0.1, 0.15) is 5.75 Å². The van der Waals surface area contributed by atoms with Crippen LogP contribution in [-0.4, -0.2) is 23.7 Å². The molecule has 0 aromatic heterocycles. The number of hydrogen-bond donors (Lipinski definition) is 1. The van der Waals surface area contributed by atoms with E-state index in [1.165, 1.54) is 0 Å². The number of ether oxygens (including phenoxy) is 1. The number of rotatable bonds is 3. The fourth-order valence-corrected chi connectivity index (χ4v) is 3.02. The first kappa shape index (κ1) is 14.9. The molecule has 1 heterocycles. The molecule has 0 atom stereocenters. The number of nitrogens with zero attached hydrogens (tertiary/aromatic N) is 2. The number of hydrazone groups is 1. The molecule has 2 aromatic rings. The lowest BCUT2D eigenvalue weighted by Gasteiger charge is -2.16. The number of thioether (sulfide) groups is 1. The summed E-state index contributed by atoms with van der Waals surface area (Å²) in [6.07, 6.45) is 0. The van der Waals surface area contributed by atoms with Crippen LogP contribution in [0.3, 0.4) is 0 Å². The summed E-state index contributed by atoms with van der Waals surface area (Å²) in [4.78, 5) is 4.50. The Morgan fingerprint density at radius 1 is 1.23 bits per heavy atom. The first-order valence-electron chi connectivity index (χ1n) is 6.69. The molecule has 0 bridgehead atoms. The van der Waals surface area contributed by atoms with Crippen molar-refractivity contribution in [1.82, 2.24) is 5.43 Å². The van der Waals surface area contributed by atoms with E-state index in [-0.39, 0.29) is 0 Å². The predicted octanol–water partition coefficient (Wildman–Crippen LogP) is 4.08. The summed E-state index contributed by atoms with van der Waals surface area (Å²) in [7, 11) is 1.66. The van der Waals surface area contributed by atoms with Crippen molar-refractivity contribution in [2.75, 3.05) is 12.9 Å². The van der Waals surface area contributed by atoms with Crippen LogP contribution in [0.25, 0.3) is 0 Å². The van der Waals surface area contributed by atoms with Crippen LogP contribution in [0.15, 0.2) is 58.6 Å². The molecule has 0 unspecified atom stereocenters. The maximum Gasteiger partial charge on any atom is 0.182 e. The maximum absolute atomic E-state index is 5.96. The van der Waals surface area contributed by atoms with Crippen molar-refractivity contribution in [2.45, 2.75) is 0 Å². The zero-order chi connectivity index (χ0) is 15.4. The molecule has 22 heavy (non-hydrogen) atoms. The van der Waals surface area contributed by atoms with Crippen LogP contribution in [0.2, 0.25) is 5.02 Å². The number of halogens is 1. The van der Waals surface area contributed by atoms with Gasteiger partial charge in [-0.1, -0.05) is 41.6 Å². The van der Waals surface area contributed by atoms with Crippen LogP contribution in [0.4, 0.5) is 5.69 Å². The van der Waals surface area contributed by atoms with Gasteiger partial charge in [0.25, 0.3) is 0 Å². The highest BCUT2D eigenvalue weighted by Crippen LogP contribution is 2.24. The van der Waals surface area contributed by atoms with Crippen LogP contribution >= 0.6 is 23.4 Å². The Hall–Kier alpha value is -1.98. The minimum absolute atomic E-state index is 0.667. The van der Waals surface area contributed by atoms with Crippen LogP contribution in [-0.2, 0) is 0 Å². The number of hydrogen-bond acceptors (Lipinski definition) is 4. The van der Waals surface area contributed by atoms with Crippen molar-refractivity contribution < 1.29 is 4.74 Å². The molecule has 2 aromatic carbocycles. The quantitative estimate of drug-likeness (QED) is 0.922. The molecule has 0 fully saturated rings. The number of methoxy groups -OCH3 is 1. The third kappa shape index (κ3) is 3.43. The van der Waals surface area contributed by atoms with Gasteiger partial charge in [-0.15, -0.1) is 0 Å². The van der Waals surface area contributed by atoms with E-state index in [0.717, 1.165) is 33.6 Å². The second kappa shape index (κ2) is 6.85. The molecule has 0 aliphatic carbocycles. The molecule has 0 spiro atoms. The normalized spacial score (nSPS) is 16.1. The number of aliphatic imine (C=N–C) groups is 1. The summed E-state index contributed by atoms with van der Waals surface area (Å²) in [6.45, 7) is 0. The minimum Gasteiger partial charge on any atom is -0.496 e. The Morgan fingerprint density at radius 3 is 2.82 bits per heavy atom. The molecule has 1 N–H and O–H groups in total. The smallest absolute Gasteiger partial charge is 0.182 e. The molecule has 0 saturated heterocycles. The largest absolute Gasteiger partial charge is 0.496 e. The Balaban J connectivity index is 1.80. The van der Waals surface area contributed by atoms with Gasteiger partial charge >= 0.3 is 0 Å². The summed E-state index contributed by atoms with van der Waals surface area (Å²) in [5.74, 6) is 1.55. The van der Waals surface area contributed by atoms with Crippen LogP contribution in [0.5, 0.6) is 5.75 Å². The first-order valence-corrected chi connectivity index (χ1v) is 8.05. The fraction of sp³-hybridized carbons (Fsp3) is 0.125. The fourth-order valence-electron chi connectivity index (χ4n) is 2.06. The Labute approximate surface area is 138 Å². The standard InChI is InChI=1S/C16H14ClN3OS/c1-21-15-8-3-2-7-13(15)14-10-22-16(20-19-14)18-12-6-4-5-11(17)9-12/h2-9H,10H2,1H3,(H,18,20). The van der Waals surface area contributed by atoms with Gasteiger partial charge in [0.15, 0.2) is 5.17 Å². The number of nitrogens with one attached hydrogen (secondary N) is 1. The second-order valence-corrected chi connectivity index (χ2v) is 5.96. The minimum atomic E-state index is 0.667. The van der Waals surface area contributed by atoms with Gasteiger partial charge in [0, 0.05) is 16.3 Å². The Kier molecular flexibility index (Phi) is 4.65. The molecule has 3 rings (SSSR count). The van der Waals surface area contributed by atoms with Gasteiger partial charge in [-0.3, -0.25) is 5.43 Å². The SMILES string of the molecule is COc1ccccc1C1=NNC(=Nc2cccc(Cl)c2)SC1. The van der Waals surface area contributed by atoms with Crippen molar-refractivity contribution >= 4 is 39.9 Å². The summed E-state index contributed by atoms with van der Waals surface area (Å²) in [5, 5.41) is 5.83. The van der Waals surface area contributed by atoms with E-state index in [2.05, 4.69) is 15.5 Å². The summed E-state index contributed by atoms with van der Waals surface area (Å²) in [6, 6.07) is 15.3. The van der Waals surface area contributed by atoms with Crippen LogP contribution < -0.4 is 10.2 Å². The highest BCUT2D eigenvalue weighted by Gasteiger charge is 2.16. The highest BCUT2D eigenvalue weighted by molar-refractivity contribution is 8.14. The second-order valence-electron chi connectivity index (χ2n) is 4.56. The van der Waals surface area contributed by atoms with E-state index >= 15 is 0 Å². The van der Waals surface area contributed by atoms with E-state index in [9.17, 15) is 0 Å². The van der Waals surface area contributed by atoms with E-state index < -0.39 is 0 Å². The van der Waals surface area contributed by atoms with Crippen molar-refractivity contribution in [1.29, 1.82) is 0 Å². The van der Waals surface area contributed by atoms with E-state index in [4.69, 9.17) is 16.3 Å². The molecule has 0 amide bonds. The summed E-state index contributed by atoms with van der Waals surface area (Å²) >= 11 is 7.56. The van der Waals surface area contributed by atoms with Gasteiger partial charge in [0.2, 0.25) is 0 Å². The monoisotopic (exact) mass is 331 g/mol. The molecule has 0 radical (unpaired) electrons. The van der Waals surface area contributed by atoms with E-state index in [1.807, 2.05) is 48.5 Å². The van der Waals surface area contributed by atoms with Gasteiger partial charge in [-0.05, 0) is 30.3 Å². The molecule has 1 aliphatic heterocycles. The highest BCUT2D eigenvalue weighted by atomic mass is 35.5. The van der Waals surface area contributed by atoms with Crippen molar-refractivity contribution in [3.8, 4) is 5.75 Å². The van der Waals surface area contributed by atoms with Gasteiger partial charge in [0.05, 0.1) is 18.5 Å². The summed E-state index contributed by atoms with van der Waals surface area (Å²) < 4.78 is 5.37. The summed E-state index contributed by atoms with van der Waals surface area (Å²) in [5.41, 5.74) is 5.72. The average molecular weight is 332 g/mol. The van der Waals surface area contributed by atoms with E-state index in [0.29, 0.717) is 5.02 Å². The third-order valence-electron chi connectivity index (χ3n) is 3.09. The predicted molar refractivity (Wildman–Crippen MR) is 93.7 cm³/mol. The molecule has 1 aliphatic rings. The molecule has 0 saturated carbocycles. The van der Waals surface area contributed by atoms with E-state index in [1.54, 1.807) is 18.9 Å². The molecule has 4 nitrogen and oxygen atoms in total. The Morgan fingerprint density at radius 2 is 2.09 bits per heavy atom. The zero-order valence-electron chi connectivity index (χ0n) is 11.9. The first-order chi connectivity index (χ1) is 10.8. The number of amidine groups is 1.